The van der Waals surface area contributed by atoms with Crippen molar-refractivity contribution in [2.24, 2.45) is 16.5 Å². The lowest BCUT2D eigenvalue weighted by atomic mass is 10.0. The van der Waals surface area contributed by atoms with Crippen molar-refractivity contribution in [1.82, 2.24) is 4.90 Å². The van der Waals surface area contributed by atoms with Crippen molar-refractivity contribution in [1.29, 1.82) is 0 Å². The molecule has 0 fully saturated rings. The number of ether oxygens (including phenoxy) is 2. The number of amides is 1. The van der Waals surface area contributed by atoms with Crippen LogP contribution in [-0.4, -0.2) is 29.9 Å². The van der Waals surface area contributed by atoms with Gasteiger partial charge in [0.2, 0.25) is 0 Å². The Morgan fingerprint density at radius 2 is 1.30 bits per heavy atom. The first-order valence-electron chi connectivity index (χ1n) is 14.9. The first-order valence-corrected chi connectivity index (χ1v) is 14.9. The second-order valence-corrected chi connectivity index (χ2v) is 10.6. The molecule has 0 spiro atoms. The van der Waals surface area contributed by atoms with Crippen LogP contribution >= 0.6 is 0 Å². The summed E-state index contributed by atoms with van der Waals surface area (Å²) >= 11 is 0. The van der Waals surface area contributed by atoms with Crippen LogP contribution in [0.3, 0.4) is 0 Å². The molecule has 0 heterocycles. The summed E-state index contributed by atoms with van der Waals surface area (Å²) in [6.07, 6.45) is 1.51. The average molecular weight is 587 g/mol. The van der Waals surface area contributed by atoms with E-state index in [-0.39, 0.29) is 11.9 Å². The first kappa shape index (κ1) is 30.2. The van der Waals surface area contributed by atoms with E-state index in [1.54, 1.807) is 0 Å². The Balaban J connectivity index is 1.40. The summed E-state index contributed by atoms with van der Waals surface area (Å²) in [4.78, 5) is 20.0. The average Bonchev–Trinajstić information content (AvgIpc) is 3.06. The topological polar surface area (TPSA) is 103 Å². The maximum absolute atomic E-state index is 14.1. The molecule has 0 aliphatic rings. The number of benzene rings is 5. The van der Waals surface area contributed by atoms with Gasteiger partial charge < -0.3 is 25.8 Å². The summed E-state index contributed by atoms with van der Waals surface area (Å²) < 4.78 is 12.5. The van der Waals surface area contributed by atoms with Crippen LogP contribution in [0.4, 0.5) is 0 Å². The molecule has 5 aromatic carbocycles. The van der Waals surface area contributed by atoms with Gasteiger partial charge in [0.25, 0.3) is 5.91 Å². The van der Waals surface area contributed by atoms with E-state index < -0.39 is 0 Å². The van der Waals surface area contributed by atoms with Crippen molar-refractivity contribution in [2.45, 2.75) is 32.6 Å². The van der Waals surface area contributed by atoms with Crippen LogP contribution in [0.25, 0.3) is 10.8 Å². The van der Waals surface area contributed by atoms with E-state index in [1.165, 1.54) is 0 Å². The predicted octanol–water partition coefficient (Wildman–Crippen LogP) is 6.69. The zero-order chi connectivity index (χ0) is 30.6. The number of carbonyl (C=O) groups excluding carboxylic acids is 1. The molecule has 0 saturated heterocycles. The van der Waals surface area contributed by atoms with E-state index in [4.69, 9.17) is 20.9 Å². The normalized spacial score (nSPS) is 10.7. The zero-order valence-corrected chi connectivity index (χ0v) is 24.8. The van der Waals surface area contributed by atoms with Crippen molar-refractivity contribution in [2.75, 3.05) is 13.1 Å². The van der Waals surface area contributed by atoms with E-state index in [0.717, 1.165) is 40.3 Å². The molecular weight excluding hydrogens is 548 g/mol. The molecule has 5 aromatic rings. The highest BCUT2D eigenvalue weighted by molar-refractivity contribution is 6.07. The quantitative estimate of drug-likeness (QED) is 0.0857. The third-order valence-electron chi connectivity index (χ3n) is 7.29. The van der Waals surface area contributed by atoms with Crippen LogP contribution in [-0.2, 0) is 19.8 Å². The Labute approximate surface area is 258 Å². The Hall–Kier alpha value is -5.30. The van der Waals surface area contributed by atoms with Gasteiger partial charge in [0.1, 0.15) is 13.2 Å². The molecule has 44 heavy (non-hydrogen) atoms. The minimum atomic E-state index is -0.0280. The number of aliphatic imine (C=N–C) groups is 1. The molecule has 0 aliphatic carbocycles. The predicted molar refractivity (Wildman–Crippen MR) is 177 cm³/mol. The van der Waals surface area contributed by atoms with Gasteiger partial charge >= 0.3 is 0 Å². The van der Waals surface area contributed by atoms with Gasteiger partial charge in [-0.2, -0.15) is 0 Å². The highest BCUT2D eigenvalue weighted by Crippen LogP contribution is 2.31. The fourth-order valence-electron chi connectivity index (χ4n) is 5.03. The van der Waals surface area contributed by atoms with Gasteiger partial charge in [-0.15, -0.1) is 0 Å². The lowest BCUT2D eigenvalue weighted by Crippen LogP contribution is -2.32. The van der Waals surface area contributed by atoms with Gasteiger partial charge in [0.15, 0.2) is 17.5 Å². The molecule has 5 rings (SSSR count). The van der Waals surface area contributed by atoms with E-state index in [0.29, 0.717) is 49.9 Å². The fraction of sp³-hybridized carbons (Fsp3) is 0.189. The molecule has 0 atom stereocenters. The van der Waals surface area contributed by atoms with Crippen molar-refractivity contribution in [3.8, 4) is 11.5 Å². The van der Waals surface area contributed by atoms with Crippen LogP contribution in [0.15, 0.2) is 126 Å². The summed E-state index contributed by atoms with van der Waals surface area (Å²) in [5.74, 6) is 1.33. The van der Waals surface area contributed by atoms with Gasteiger partial charge in [0, 0.05) is 25.2 Å². The van der Waals surface area contributed by atoms with E-state index >= 15 is 0 Å². The second-order valence-electron chi connectivity index (χ2n) is 10.6. The van der Waals surface area contributed by atoms with Crippen LogP contribution in [0.1, 0.15) is 39.9 Å². The largest absolute Gasteiger partial charge is 0.485 e. The number of hydrogen-bond donors (Lipinski definition) is 2. The Morgan fingerprint density at radius 1 is 0.659 bits per heavy atom. The smallest absolute Gasteiger partial charge is 0.254 e. The Morgan fingerprint density at radius 3 is 2.00 bits per heavy atom. The number of hydrogen-bond acceptors (Lipinski definition) is 4. The molecule has 7 nitrogen and oxygen atoms in total. The standard InChI is InChI=1S/C37H38N4O3/c38-37(39)40-22-9-10-23-41(36(42)33-19-11-17-31-16-7-8-18-32(31)33)25-30-20-21-34(43-26-28-12-3-1-4-13-28)35(24-30)44-27-29-14-5-2-6-15-29/h1-8,11-21,24H,9-10,22-23,25-27H2,(H4,38,39,40). The zero-order valence-electron chi connectivity index (χ0n) is 24.8. The molecule has 0 aromatic heterocycles. The molecule has 224 valence electrons. The van der Waals surface area contributed by atoms with Crippen molar-refractivity contribution >= 4 is 22.6 Å². The van der Waals surface area contributed by atoms with Crippen molar-refractivity contribution in [3.63, 3.8) is 0 Å². The van der Waals surface area contributed by atoms with Crippen molar-refractivity contribution < 1.29 is 14.3 Å². The minimum absolute atomic E-state index is 0.0280. The summed E-state index contributed by atoms with van der Waals surface area (Å²) in [6.45, 7) is 2.29. The van der Waals surface area contributed by atoms with Crippen LogP contribution < -0.4 is 20.9 Å². The van der Waals surface area contributed by atoms with Crippen LogP contribution in [0.2, 0.25) is 0 Å². The van der Waals surface area contributed by atoms with Gasteiger partial charge in [-0.3, -0.25) is 9.79 Å². The number of carbonyl (C=O) groups is 1. The minimum Gasteiger partial charge on any atom is -0.485 e. The van der Waals surface area contributed by atoms with Gasteiger partial charge in [-0.25, -0.2) is 0 Å². The van der Waals surface area contributed by atoms with Gasteiger partial charge in [-0.05, 0) is 58.5 Å². The Bertz CT molecular complexity index is 1680. The highest BCUT2D eigenvalue weighted by Gasteiger charge is 2.19. The lowest BCUT2D eigenvalue weighted by Gasteiger charge is -2.24. The molecule has 1 amide bonds. The third-order valence-corrected chi connectivity index (χ3v) is 7.29. The summed E-state index contributed by atoms with van der Waals surface area (Å²) in [5.41, 5.74) is 14.7. The number of unbranched alkanes of at least 4 members (excludes halogenated alkanes) is 1. The Kier molecular flexibility index (Phi) is 10.5. The molecular formula is C37H38N4O3. The maximum Gasteiger partial charge on any atom is 0.254 e. The van der Waals surface area contributed by atoms with E-state index in [9.17, 15) is 4.79 Å². The first-order chi connectivity index (χ1) is 21.6. The lowest BCUT2D eigenvalue weighted by molar-refractivity contribution is 0.0742. The molecule has 0 saturated carbocycles. The van der Waals surface area contributed by atoms with Crippen molar-refractivity contribution in [3.05, 3.63) is 144 Å². The summed E-state index contributed by atoms with van der Waals surface area (Å²) in [6, 6.07) is 39.8. The molecule has 4 N–H and O–H groups in total. The second kappa shape index (κ2) is 15.3. The number of guanidine groups is 1. The fourth-order valence-corrected chi connectivity index (χ4v) is 5.03. The summed E-state index contributed by atoms with van der Waals surface area (Å²) in [5, 5.41) is 1.96. The van der Waals surface area contributed by atoms with E-state index in [2.05, 4.69) is 4.99 Å². The molecule has 0 aliphatic heterocycles. The van der Waals surface area contributed by atoms with Gasteiger partial charge in [0.05, 0.1) is 0 Å². The number of rotatable bonds is 14. The van der Waals surface area contributed by atoms with E-state index in [1.807, 2.05) is 126 Å². The highest BCUT2D eigenvalue weighted by atomic mass is 16.5. The third kappa shape index (κ3) is 8.38. The molecule has 0 radical (unpaired) electrons. The van der Waals surface area contributed by atoms with Gasteiger partial charge in [-0.1, -0.05) is 103 Å². The summed E-state index contributed by atoms with van der Waals surface area (Å²) in [7, 11) is 0. The number of fused-ring (bicyclic) bond motifs is 1. The maximum atomic E-state index is 14.1. The molecule has 7 heteroatoms. The number of nitrogens with zero attached hydrogens (tertiary/aromatic N) is 2. The molecule has 0 bridgehead atoms. The van der Waals surface area contributed by atoms with Crippen LogP contribution in [0.5, 0.6) is 11.5 Å². The molecule has 0 unspecified atom stereocenters. The SMILES string of the molecule is NC(N)=NCCCCN(Cc1ccc(OCc2ccccc2)c(OCc2ccccc2)c1)C(=O)c1cccc2ccccc12. The number of nitrogens with two attached hydrogens (primary N) is 2. The van der Waals surface area contributed by atoms with Crippen LogP contribution in [0, 0.1) is 0 Å². The monoisotopic (exact) mass is 586 g/mol.